The second kappa shape index (κ2) is 8.40. The van der Waals surface area contributed by atoms with Crippen LogP contribution in [0.1, 0.15) is 61.6 Å². The molecule has 1 N–H and O–H groups in total. The van der Waals surface area contributed by atoms with Gasteiger partial charge >= 0.3 is 0 Å². The van der Waals surface area contributed by atoms with Crippen molar-refractivity contribution in [2.45, 2.75) is 50.2 Å². The van der Waals surface area contributed by atoms with Crippen LogP contribution < -0.4 is 5.32 Å². The van der Waals surface area contributed by atoms with Crippen LogP contribution in [0.15, 0.2) is 42.7 Å². The van der Waals surface area contributed by atoms with Gasteiger partial charge in [-0.3, -0.25) is 4.98 Å². The molecular weight excluding hydrogens is 356 g/mol. The van der Waals surface area contributed by atoms with E-state index in [1.54, 1.807) is 7.11 Å². The smallest absolute Gasteiger partial charge is 0.170 e. The van der Waals surface area contributed by atoms with Gasteiger partial charge in [0.1, 0.15) is 0 Å². The molecule has 4 rings (SSSR count). The third kappa shape index (κ3) is 3.73. The molecule has 0 bridgehead atoms. The van der Waals surface area contributed by atoms with Crippen LogP contribution in [0.4, 0.5) is 0 Å². The first-order valence-corrected chi connectivity index (χ1v) is 10.3. The van der Waals surface area contributed by atoms with Crippen LogP contribution >= 0.6 is 12.2 Å². The van der Waals surface area contributed by atoms with Crippen LogP contribution in [0.2, 0.25) is 0 Å². The maximum Gasteiger partial charge on any atom is 0.170 e. The Bertz CT molecular complexity index is 757. The summed E-state index contributed by atoms with van der Waals surface area (Å²) in [6, 6.07) is 11.4. The van der Waals surface area contributed by atoms with Gasteiger partial charge in [-0.15, -0.1) is 0 Å². The molecule has 2 aliphatic rings. The van der Waals surface area contributed by atoms with E-state index in [0.29, 0.717) is 6.04 Å². The normalized spacial score (nSPS) is 23.1. The first kappa shape index (κ1) is 18.4. The van der Waals surface area contributed by atoms with Gasteiger partial charge in [-0.25, -0.2) is 0 Å². The van der Waals surface area contributed by atoms with E-state index in [1.165, 1.54) is 31.4 Å². The third-order valence-corrected chi connectivity index (χ3v) is 6.13. The molecule has 1 aliphatic heterocycles. The first-order valence-electron chi connectivity index (χ1n) is 9.93. The number of thiocarbonyl (C=S) groups is 1. The molecule has 0 radical (unpaired) electrons. The first-order chi connectivity index (χ1) is 13.3. The maximum absolute atomic E-state index is 5.73. The lowest BCUT2D eigenvalue weighted by molar-refractivity contribution is 0.179. The van der Waals surface area contributed by atoms with Crippen molar-refractivity contribution in [1.82, 2.24) is 19.8 Å². The highest BCUT2D eigenvalue weighted by molar-refractivity contribution is 7.80. The number of rotatable bonds is 7. The lowest BCUT2D eigenvalue weighted by Gasteiger charge is -2.30. The predicted octanol–water partition coefficient (Wildman–Crippen LogP) is 4.01. The van der Waals surface area contributed by atoms with E-state index in [2.05, 4.69) is 44.2 Å². The Morgan fingerprint density at radius 3 is 2.81 bits per heavy atom. The lowest BCUT2D eigenvalue weighted by Crippen LogP contribution is -2.32. The van der Waals surface area contributed by atoms with Gasteiger partial charge in [0.05, 0.1) is 17.8 Å². The van der Waals surface area contributed by atoms with Gasteiger partial charge in [0.2, 0.25) is 0 Å². The zero-order chi connectivity index (χ0) is 18.6. The van der Waals surface area contributed by atoms with Crippen LogP contribution in [0, 0.1) is 0 Å². The van der Waals surface area contributed by atoms with Crippen molar-refractivity contribution in [3.8, 4) is 0 Å². The van der Waals surface area contributed by atoms with Gasteiger partial charge in [-0.05, 0) is 55.7 Å². The Labute approximate surface area is 166 Å². The number of methoxy groups -OCH3 is 1. The molecule has 6 heteroatoms. The molecule has 0 spiro atoms. The summed E-state index contributed by atoms with van der Waals surface area (Å²) in [7, 11) is 1.75. The Morgan fingerprint density at radius 1 is 1.22 bits per heavy atom. The fourth-order valence-corrected chi connectivity index (χ4v) is 4.85. The molecule has 0 unspecified atom stereocenters. The monoisotopic (exact) mass is 384 g/mol. The van der Waals surface area contributed by atoms with Gasteiger partial charge in [-0.1, -0.05) is 18.9 Å². The molecule has 2 aromatic heterocycles. The molecule has 1 aliphatic carbocycles. The van der Waals surface area contributed by atoms with E-state index in [1.807, 2.05) is 18.3 Å². The summed E-state index contributed by atoms with van der Waals surface area (Å²) in [6.07, 6.45) is 10.2. The number of pyridine rings is 1. The van der Waals surface area contributed by atoms with Crippen molar-refractivity contribution in [3.63, 3.8) is 0 Å². The third-order valence-electron chi connectivity index (χ3n) is 5.78. The summed E-state index contributed by atoms with van der Waals surface area (Å²) in [5.74, 6) is 0. The number of hydrogen-bond acceptors (Lipinski definition) is 3. The zero-order valence-electron chi connectivity index (χ0n) is 15.9. The highest BCUT2D eigenvalue weighted by Crippen LogP contribution is 2.41. The lowest BCUT2D eigenvalue weighted by atomic mass is 10.0. The minimum atomic E-state index is 0.0660. The molecule has 5 nitrogen and oxygen atoms in total. The van der Waals surface area contributed by atoms with Gasteiger partial charge in [0.15, 0.2) is 5.11 Å². The average molecular weight is 385 g/mol. The van der Waals surface area contributed by atoms with Crippen molar-refractivity contribution in [2.75, 3.05) is 20.3 Å². The predicted molar refractivity (Wildman–Crippen MR) is 111 cm³/mol. The molecule has 0 aromatic carbocycles. The van der Waals surface area contributed by atoms with E-state index < -0.39 is 0 Å². The second-order valence-corrected chi connectivity index (χ2v) is 7.83. The van der Waals surface area contributed by atoms with E-state index in [0.717, 1.165) is 30.4 Å². The summed E-state index contributed by atoms with van der Waals surface area (Å²) in [5, 5.41) is 4.36. The minimum absolute atomic E-state index is 0.0660. The quantitative estimate of drug-likeness (QED) is 0.577. The molecular formula is C21H28N4OS. The standard InChI is InChI=1S/C21H28N4OS/c1-26-15-7-14-25-20(18-11-6-13-24(18)16-8-2-3-9-16)19(23-21(25)27)17-10-4-5-12-22-17/h4-6,10-13,16,19-20H,2-3,7-9,14-15H2,1H3,(H,23,27)/t19-,20+/m0/s1. The van der Waals surface area contributed by atoms with Crippen molar-refractivity contribution in [2.24, 2.45) is 0 Å². The molecule has 2 atom stereocenters. The van der Waals surface area contributed by atoms with Gasteiger partial charge in [-0.2, -0.15) is 0 Å². The van der Waals surface area contributed by atoms with Crippen LogP contribution in [-0.2, 0) is 4.74 Å². The van der Waals surface area contributed by atoms with Gasteiger partial charge in [0, 0.05) is 44.4 Å². The van der Waals surface area contributed by atoms with E-state index in [4.69, 9.17) is 17.0 Å². The summed E-state index contributed by atoms with van der Waals surface area (Å²) in [5.41, 5.74) is 2.38. The topological polar surface area (TPSA) is 42.3 Å². The molecule has 3 heterocycles. The van der Waals surface area contributed by atoms with Crippen molar-refractivity contribution in [1.29, 1.82) is 0 Å². The molecule has 2 fully saturated rings. The van der Waals surface area contributed by atoms with Crippen LogP contribution in [0.3, 0.4) is 0 Å². The number of nitrogens with one attached hydrogen (secondary N) is 1. The van der Waals surface area contributed by atoms with Crippen LogP contribution in [-0.4, -0.2) is 39.8 Å². The van der Waals surface area contributed by atoms with Gasteiger partial charge < -0.3 is 19.5 Å². The largest absolute Gasteiger partial charge is 0.385 e. The molecule has 1 saturated carbocycles. The number of aromatic nitrogens is 2. The number of ether oxygens (including phenoxy) is 1. The van der Waals surface area contributed by atoms with Gasteiger partial charge in [0.25, 0.3) is 0 Å². The van der Waals surface area contributed by atoms with Crippen molar-refractivity contribution >= 4 is 17.3 Å². The average Bonchev–Trinajstić information content (AvgIpc) is 3.42. The van der Waals surface area contributed by atoms with E-state index >= 15 is 0 Å². The van der Waals surface area contributed by atoms with Crippen molar-refractivity contribution < 1.29 is 4.74 Å². The second-order valence-electron chi connectivity index (χ2n) is 7.44. The fraction of sp³-hybridized carbons (Fsp3) is 0.524. The molecule has 0 amide bonds. The van der Waals surface area contributed by atoms with Crippen molar-refractivity contribution in [3.05, 3.63) is 54.1 Å². The van der Waals surface area contributed by atoms with E-state index in [-0.39, 0.29) is 12.1 Å². The number of nitrogens with zero attached hydrogens (tertiary/aromatic N) is 3. The van der Waals surface area contributed by atoms with Crippen LogP contribution in [0.5, 0.6) is 0 Å². The van der Waals surface area contributed by atoms with E-state index in [9.17, 15) is 0 Å². The summed E-state index contributed by atoms with van der Waals surface area (Å²) in [6.45, 7) is 1.62. The Balaban J connectivity index is 1.69. The maximum atomic E-state index is 5.73. The fourth-order valence-electron chi connectivity index (χ4n) is 4.52. The number of hydrogen-bond donors (Lipinski definition) is 1. The zero-order valence-corrected chi connectivity index (χ0v) is 16.7. The molecule has 27 heavy (non-hydrogen) atoms. The molecule has 144 valence electrons. The Kier molecular flexibility index (Phi) is 5.74. The summed E-state index contributed by atoms with van der Waals surface area (Å²) >= 11 is 5.73. The summed E-state index contributed by atoms with van der Waals surface area (Å²) in [4.78, 5) is 6.96. The summed E-state index contributed by atoms with van der Waals surface area (Å²) < 4.78 is 7.76. The minimum Gasteiger partial charge on any atom is -0.385 e. The Hall–Kier alpha value is -1.92. The highest BCUT2D eigenvalue weighted by atomic mass is 32.1. The Morgan fingerprint density at radius 2 is 2.07 bits per heavy atom. The van der Waals surface area contributed by atoms with Crippen LogP contribution in [0.25, 0.3) is 0 Å². The molecule has 1 saturated heterocycles. The SMILES string of the molecule is COCCCN1C(=S)N[C@@H](c2ccccn2)[C@H]1c1cccn1C1CCCC1. The molecule has 2 aromatic rings. The highest BCUT2D eigenvalue weighted by Gasteiger charge is 2.41.